The highest BCUT2D eigenvalue weighted by Gasteiger charge is 2.17. The molecule has 0 spiro atoms. The summed E-state index contributed by atoms with van der Waals surface area (Å²) in [5.41, 5.74) is 6.29. The van der Waals surface area contributed by atoms with Gasteiger partial charge in [-0.25, -0.2) is 0 Å². The predicted octanol–water partition coefficient (Wildman–Crippen LogP) is 5.22. The van der Waals surface area contributed by atoms with E-state index in [2.05, 4.69) is 75.5 Å². The van der Waals surface area contributed by atoms with Crippen molar-refractivity contribution in [2.75, 3.05) is 49.7 Å². The van der Waals surface area contributed by atoms with Gasteiger partial charge in [-0.2, -0.15) is 11.8 Å². The number of hydrogen-bond donors (Lipinski definition) is 2. The van der Waals surface area contributed by atoms with Crippen molar-refractivity contribution in [1.82, 2.24) is 9.88 Å². The number of fused-ring (bicyclic) bond motifs is 1. The van der Waals surface area contributed by atoms with Crippen molar-refractivity contribution < 1.29 is 4.74 Å². The van der Waals surface area contributed by atoms with Gasteiger partial charge in [-0.3, -0.25) is 4.90 Å². The third-order valence-corrected chi connectivity index (χ3v) is 7.25. The number of ether oxygens (including phenoxy) is 1. The highest BCUT2D eigenvalue weighted by molar-refractivity contribution is 7.99. The average molecular weight is 422 g/mol. The van der Waals surface area contributed by atoms with Gasteiger partial charge in [0, 0.05) is 62.0 Å². The first-order valence-electron chi connectivity index (χ1n) is 11.2. The van der Waals surface area contributed by atoms with Crippen LogP contribution in [0.4, 0.5) is 5.69 Å². The van der Waals surface area contributed by atoms with E-state index in [-0.39, 0.29) is 0 Å². The van der Waals surface area contributed by atoms with Crippen LogP contribution < -0.4 is 5.32 Å². The van der Waals surface area contributed by atoms with Gasteiger partial charge in [0.05, 0.1) is 11.2 Å². The summed E-state index contributed by atoms with van der Waals surface area (Å²) in [5, 5.41) is 5.09. The third kappa shape index (κ3) is 4.69. The first-order valence-corrected chi connectivity index (χ1v) is 12.3. The molecule has 4 nitrogen and oxygen atoms in total. The summed E-state index contributed by atoms with van der Waals surface area (Å²) in [6.45, 7) is 6.23. The number of benzene rings is 2. The summed E-state index contributed by atoms with van der Waals surface area (Å²) in [7, 11) is 0. The number of anilines is 1. The lowest BCUT2D eigenvalue weighted by atomic mass is 10.00. The Labute approximate surface area is 183 Å². The number of H-pyrrole nitrogens is 1. The molecule has 2 aromatic carbocycles. The van der Waals surface area contributed by atoms with Crippen LogP contribution >= 0.6 is 11.8 Å². The highest BCUT2D eigenvalue weighted by Crippen LogP contribution is 2.31. The molecule has 2 saturated heterocycles. The fourth-order valence-electron chi connectivity index (χ4n) is 4.53. The Bertz CT molecular complexity index is 959. The topological polar surface area (TPSA) is 40.3 Å². The number of rotatable bonds is 6. The van der Waals surface area contributed by atoms with Crippen molar-refractivity contribution >= 4 is 28.4 Å². The van der Waals surface area contributed by atoms with Gasteiger partial charge in [0.1, 0.15) is 0 Å². The molecule has 0 bridgehead atoms. The van der Waals surface area contributed by atoms with Crippen LogP contribution in [0.25, 0.3) is 22.2 Å². The molecule has 3 heterocycles. The second-order valence-corrected chi connectivity index (χ2v) is 9.71. The van der Waals surface area contributed by atoms with E-state index >= 15 is 0 Å². The number of nitrogens with one attached hydrogen (secondary N) is 2. The molecular weight excluding hydrogens is 390 g/mol. The van der Waals surface area contributed by atoms with E-state index in [0.29, 0.717) is 5.92 Å². The Balaban J connectivity index is 1.44. The lowest BCUT2D eigenvalue weighted by molar-refractivity contribution is 0.0699. The van der Waals surface area contributed by atoms with Gasteiger partial charge in [-0.15, -0.1) is 0 Å². The van der Waals surface area contributed by atoms with Gasteiger partial charge in [-0.1, -0.05) is 30.3 Å². The number of aromatic amines is 1. The van der Waals surface area contributed by atoms with Crippen LogP contribution in [0.5, 0.6) is 0 Å². The van der Waals surface area contributed by atoms with Crippen molar-refractivity contribution in [3.8, 4) is 11.3 Å². The molecular formula is C25H31N3OS. The molecule has 2 fully saturated rings. The Hall–Kier alpha value is -1.95. The normalized spacial score (nSPS) is 18.7. The average Bonchev–Trinajstić information content (AvgIpc) is 3.24. The lowest BCUT2D eigenvalue weighted by Crippen LogP contribution is -2.32. The number of hydrogen-bond acceptors (Lipinski definition) is 4. The first-order chi connectivity index (χ1) is 14.8. The molecule has 2 N–H and O–H groups in total. The van der Waals surface area contributed by atoms with Crippen molar-refractivity contribution in [3.63, 3.8) is 0 Å². The van der Waals surface area contributed by atoms with Crippen LogP contribution in [-0.4, -0.2) is 54.2 Å². The van der Waals surface area contributed by atoms with E-state index in [1.165, 1.54) is 58.0 Å². The van der Waals surface area contributed by atoms with Crippen LogP contribution in [0.1, 0.15) is 18.4 Å². The van der Waals surface area contributed by atoms with Crippen LogP contribution in [0.15, 0.2) is 48.5 Å². The number of nitrogens with zero attached hydrogens (tertiary/aromatic N) is 1. The van der Waals surface area contributed by atoms with E-state index in [1.807, 2.05) is 0 Å². The van der Waals surface area contributed by atoms with Crippen molar-refractivity contribution in [2.24, 2.45) is 5.92 Å². The fraction of sp³-hybridized carbons (Fsp3) is 0.440. The minimum atomic E-state index is 0.695. The second kappa shape index (κ2) is 9.46. The van der Waals surface area contributed by atoms with Crippen molar-refractivity contribution in [2.45, 2.75) is 19.4 Å². The molecule has 0 radical (unpaired) electrons. The van der Waals surface area contributed by atoms with E-state index in [4.69, 9.17) is 4.74 Å². The molecule has 2 aliphatic rings. The van der Waals surface area contributed by atoms with Gasteiger partial charge in [-0.05, 0) is 48.1 Å². The minimum Gasteiger partial charge on any atom is -0.383 e. The summed E-state index contributed by atoms with van der Waals surface area (Å²) in [5.74, 6) is 3.19. The van der Waals surface area contributed by atoms with E-state index in [1.54, 1.807) is 0 Å². The monoisotopic (exact) mass is 421 g/mol. The molecule has 3 aromatic rings. The van der Waals surface area contributed by atoms with Gasteiger partial charge < -0.3 is 15.0 Å². The van der Waals surface area contributed by atoms with E-state index in [9.17, 15) is 0 Å². The van der Waals surface area contributed by atoms with E-state index in [0.717, 1.165) is 39.1 Å². The third-order valence-electron chi connectivity index (χ3n) is 6.30. The van der Waals surface area contributed by atoms with Gasteiger partial charge in [0.25, 0.3) is 0 Å². The van der Waals surface area contributed by atoms with Gasteiger partial charge >= 0.3 is 0 Å². The molecule has 0 unspecified atom stereocenters. The molecule has 0 aliphatic carbocycles. The molecule has 1 aromatic heterocycles. The Kier molecular flexibility index (Phi) is 6.30. The second-order valence-electron chi connectivity index (χ2n) is 8.48. The van der Waals surface area contributed by atoms with Crippen LogP contribution in [0, 0.1) is 5.92 Å². The molecule has 5 rings (SSSR count). The van der Waals surface area contributed by atoms with Gasteiger partial charge in [0.15, 0.2) is 0 Å². The standard InChI is InChI=1S/C25H31N3OS/c1-2-4-21(5-3-1)23-16-22-14-20(18-28-8-12-30-13-9-28)15-24(25(22)27-23)26-17-19-6-10-29-11-7-19/h1-5,14-16,19,26-27H,6-13,17-18H2. The predicted molar refractivity (Wildman–Crippen MR) is 128 cm³/mol. The summed E-state index contributed by atoms with van der Waals surface area (Å²) >= 11 is 2.07. The van der Waals surface area contributed by atoms with Crippen molar-refractivity contribution in [1.29, 1.82) is 0 Å². The Morgan fingerprint density at radius 1 is 1.03 bits per heavy atom. The Morgan fingerprint density at radius 2 is 1.83 bits per heavy atom. The van der Waals surface area contributed by atoms with E-state index < -0.39 is 0 Å². The zero-order valence-corrected chi connectivity index (χ0v) is 18.3. The SMILES string of the molecule is c1ccc(-c2cc3cc(CN4CCSCC4)cc(NCC4CCOCC4)c3[nH]2)cc1. The first kappa shape index (κ1) is 20.0. The molecule has 0 atom stereocenters. The molecule has 5 heteroatoms. The highest BCUT2D eigenvalue weighted by atomic mass is 32.2. The summed E-state index contributed by atoms with van der Waals surface area (Å²) in [4.78, 5) is 6.28. The minimum absolute atomic E-state index is 0.695. The maximum atomic E-state index is 5.54. The molecule has 158 valence electrons. The molecule has 2 aliphatic heterocycles. The maximum absolute atomic E-state index is 5.54. The summed E-state index contributed by atoms with van der Waals surface area (Å²) in [6.07, 6.45) is 2.31. The van der Waals surface area contributed by atoms with Gasteiger partial charge in [0.2, 0.25) is 0 Å². The lowest BCUT2D eigenvalue weighted by Gasteiger charge is -2.26. The zero-order chi connectivity index (χ0) is 20.2. The molecule has 0 saturated carbocycles. The van der Waals surface area contributed by atoms with Crippen LogP contribution in [-0.2, 0) is 11.3 Å². The van der Waals surface area contributed by atoms with Crippen molar-refractivity contribution in [3.05, 3.63) is 54.1 Å². The van der Waals surface area contributed by atoms with Crippen LogP contribution in [0.3, 0.4) is 0 Å². The zero-order valence-electron chi connectivity index (χ0n) is 17.5. The smallest absolute Gasteiger partial charge is 0.0694 e. The number of aromatic nitrogens is 1. The summed E-state index contributed by atoms with van der Waals surface area (Å²) < 4.78 is 5.54. The fourth-order valence-corrected chi connectivity index (χ4v) is 5.51. The molecule has 0 amide bonds. The largest absolute Gasteiger partial charge is 0.383 e. The quantitative estimate of drug-likeness (QED) is 0.572. The number of thioether (sulfide) groups is 1. The molecule has 30 heavy (non-hydrogen) atoms. The maximum Gasteiger partial charge on any atom is 0.0694 e. The Morgan fingerprint density at radius 3 is 2.63 bits per heavy atom. The van der Waals surface area contributed by atoms with Crippen LogP contribution in [0.2, 0.25) is 0 Å². The summed E-state index contributed by atoms with van der Waals surface area (Å²) in [6, 6.07) is 17.7.